The average molecular weight is 250 g/mol. The van der Waals surface area contributed by atoms with E-state index in [-0.39, 0.29) is 17.2 Å². The lowest BCUT2D eigenvalue weighted by Crippen LogP contribution is -2.49. The van der Waals surface area contributed by atoms with Crippen LogP contribution in [0.5, 0.6) is 0 Å². The maximum absolute atomic E-state index is 11.4. The van der Waals surface area contributed by atoms with Crippen molar-refractivity contribution in [3.05, 3.63) is 10.4 Å². The minimum Gasteiger partial charge on any atom is -0.748 e. The third-order valence-corrected chi connectivity index (χ3v) is 2.15. The van der Waals surface area contributed by atoms with Gasteiger partial charge in [0.2, 0.25) is 0 Å². The van der Waals surface area contributed by atoms with Crippen molar-refractivity contribution in [2.75, 3.05) is 6.54 Å². The van der Waals surface area contributed by atoms with Crippen molar-refractivity contribution in [3.8, 4) is 0 Å². The number of nitrogens with one attached hydrogen (secondary N) is 1. The van der Waals surface area contributed by atoms with E-state index in [9.17, 15) is 10.4 Å². The number of hydrogen-bond acceptors (Lipinski definition) is 8. The molecule has 0 aromatic carbocycles. The van der Waals surface area contributed by atoms with Crippen molar-refractivity contribution in [2.24, 2.45) is 5.84 Å². The molecule has 8 nitrogen and oxygen atoms in total. The first kappa shape index (κ1) is 16.7. The molecule has 0 aromatic rings. The molecule has 104 valence electrons. The Bertz CT molecular complexity index is 223. The summed E-state index contributed by atoms with van der Waals surface area (Å²) in [6.45, 7) is 8.78. The summed E-state index contributed by atoms with van der Waals surface area (Å²) in [5, 5.41) is 22.0. The molecule has 0 spiro atoms. The second-order valence-corrected chi connectivity index (χ2v) is 4.93. The van der Waals surface area contributed by atoms with Crippen molar-refractivity contribution in [2.45, 2.75) is 52.2 Å². The van der Waals surface area contributed by atoms with E-state index in [1.54, 1.807) is 27.7 Å². The molecular formula is C9H22N4O4-2. The molecule has 0 saturated heterocycles. The van der Waals surface area contributed by atoms with Crippen LogP contribution in [-0.2, 0) is 9.68 Å². The van der Waals surface area contributed by atoms with Gasteiger partial charge in [-0.2, -0.15) is 10.7 Å². The van der Waals surface area contributed by atoms with Gasteiger partial charge in [0.1, 0.15) is 0 Å². The van der Waals surface area contributed by atoms with Gasteiger partial charge in [0.25, 0.3) is 0 Å². The van der Waals surface area contributed by atoms with Gasteiger partial charge in [0.15, 0.2) is 0 Å². The van der Waals surface area contributed by atoms with E-state index in [1.807, 2.05) is 6.92 Å². The van der Waals surface area contributed by atoms with Crippen LogP contribution in [0.25, 0.3) is 0 Å². The van der Waals surface area contributed by atoms with Gasteiger partial charge in [-0.05, 0) is 34.1 Å². The fourth-order valence-electron chi connectivity index (χ4n) is 0.852. The second-order valence-electron chi connectivity index (χ2n) is 4.93. The normalized spacial score (nSPS) is 13.8. The highest BCUT2D eigenvalue weighted by Crippen LogP contribution is 2.15. The van der Waals surface area contributed by atoms with Crippen LogP contribution in [0.15, 0.2) is 0 Å². The van der Waals surface area contributed by atoms with Gasteiger partial charge in [-0.1, -0.05) is 6.92 Å². The van der Waals surface area contributed by atoms with E-state index < -0.39 is 11.2 Å². The zero-order valence-electron chi connectivity index (χ0n) is 11.0. The van der Waals surface area contributed by atoms with Crippen LogP contribution in [0.1, 0.15) is 41.0 Å². The van der Waals surface area contributed by atoms with Crippen molar-refractivity contribution in [1.29, 1.82) is 0 Å². The molecule has 0 rings (SSSR count). The number of hydrogen-bond donors (Lipinski definition) is 2. The SMILES string of the molecule is CCC(C)(C)ON([O-])NCC(C)(C)ON(N)[O-]. The molecule has 0 heterocycles. The van der Waals surface area contributed by atoms with Gasteiger partial charge < -0.3 is 10.4 Å². The molecule has 3 N–H and O–H groups in total. The zero-order chi connectivity index (χ0) is 13.7. The number of hydrazine groups is 2. The Morgan fingerprint density at radius 1 is 1.12 bits per heavy atom. The monoisotopic (exact) mass is 250 g/mol. The summed E-state index contributed by atoms with van der Waals surface area (Å²) in [4.78, 5) is 9.79. The molecule has 0 fully saturated rings. The molecule has 0 bridgehead atoms. The fraction of sp³-hybridized carbons (Fsp3) is 1.00. The third kappa shape index (κ3) is 8.41. The number of rotatable bonds is 8. The Hall–Kier alpha value is -0.320. The average Bonchev–Trinajstić information content (AvgIpc) is 2.12. The highest BCUT2D eigenvalue weighted by atomic mass is 16.9. The predicted molar refractivity (Wildman–Crippen MR) is 63.2 cm³/mol. The lowest BCUT2D eigenvalue weighted by Gasteiger charge is -2.39. The van der Waals surface area contributed by atoms with E-state index in [0.717, 1.165) is 0 Å². The molecule has 0 amide bonds. The van der Waals surface area contributed by atoms with Gasteiger partial charge >= 0.3 is 0 Å². The van der Waals surface area contributed by atoms with Gasteiger partial charge in [-0.15, -0.1) is 0 Å². The van der Waals surface area contributed by atoms with Crippen molar-refractivity contribution < 1.29 is 9.68 Å². The number of nitrogens with zero attached hydrogens (tertiary/aromatic N) is 2. The summed E-state index contributed by atoms with van der Waals surface area (Å²) < 4.78 is 0. The van der Waals surface area contributed by atoms with Gasteiger partial charge in [-0.25, -0.2) is 5.43 Å². The van der Waals surface area contributed by atoms with E-state index in [0.29, 0.717) is 6.42 Å². The summed E-state index contributed by atoms with van der Waals surface area (Å²) in [5.41, 5.74) is 0.953. The molecule has 0 unspecified atom stereocenters. The first-order valence-corrected chi connectivity index (χ1v) is 5.39. The van der Waals surface area contributed by atoms with Gasteiger partial charge in [-0.3, -0.25) is 15.5 Å². The molecular weight excluding hydrogens is 228 g/mol. The molecule has 0 radical (unpaired) electrons. The third-order valence-electron chi connectivity index (χ3n) is 2.15. The summed E-state index contributed by atoms with van der Waals surface area (Å²) in [5.74, 6) is 4.81. The summed E-state index contributed by atoms with van der Waals surface area (Å²) in [6, 6.07) is 0. The summed E-state index contributed by atoms with van der Waals surface area (Å²) >= 11 is 0. The summed E-state index contributed by atoms with van der Waals surface area (Å²) in [6.07, 6.45) is 0.685. The van der Waals surface area contributed by atoms with Crippen LogP contribution in [0.2, 0.25) is 0 Å². The fourth-order valence-corrected chi connectivity index (χ4v) is 0.852. The Balaban J connectivity index is 4.02. The van der Waals surface area contributed by atoms with E-state index in [1.165, 1.54) is 0 Å². The van der Waals surface area contributed by atoms with E-state index in [2.05, 4.69) is 5.43 Å². The predicted octanol–water partition coefficient (Wildman–Crippen LogP) is 0.795. The van der Waals surface area contributed by atoms with Gasteiger partial charge in [0.05, 0.1) is 11.2 Å². The Kier molecular flexibility index (Phi) is 6.45. The first-order chi connectivity index (χ1) is 7.58. The topological polar surface area (TPSA) is 109 Å². The number of nitrogens with two attached hydrogens (primary N) is 1. The molecule has 0 aliphatic rings. The van der Waals surface area contributed by atoms with Crippen LogP contribution >= 0.6 is 0 Å². The van der Waals surface area contributed by atoms with E-state index in [4.69, 9.17) is 15.5 Å². The molecule has 0 aliphatic carbocycles. The molecule has 0 aromatic heterocycles. The van der Waals surface area contributed by atoms with Crippen molar-refractivity contribution in [3.63, 3.8) is 0 Å². The minimum absolute atomic E-state index is 0.0756. The Morgan fingerprint density at radius 3 is 2.06 bits per heavy atom. The van der Waals surface area contributed by atoms with Crippen LogP contribution < -0.4 is 11.3 Å². The van der Waals surface area contributed by atoms with Crippen LogP contribution in [0, 0.1) is 10.4 Å². The molecule has 17 heavy (non-hydrogen) atoms. The van der Waals surface area contributed by atoms with Crippen LogP contribution in [0.3, 0.4) is 0 Å². The molecule has 8 heteroatoms. The van der Waals surface area contributed by atoms with Crippen molar-refractivity contribution >= 4 is 0 Å². The second kappa shape index (κ2) is 6.57. The zero-order valence-corrected chi connectivity index (χ0v) is 11.0. The molecule has 0 atom stereocenters. The van der Waals surface area contributed by atoms with Crippen molar-refractivity contribution in [1.82, 2.24) is 16.1 Å². The highest BCUT2D eigenvalue weighted by Gasteiger charge is 2.21. The van der Waals surface area contributed by atoms with E-state index >= 15 is 0 Å². The standard InChI is InChI=1S/C9H22N4O4/c1-6-8(2,3)17-13(15)11-7-9(4,5)16-12(10)14/h11H,6-7,10H2,1-5H3/q-2. The lowest BCUT2D eigenvalue weighted by atomic mass is 10.1. The quantitative estimate of drug-likeness (QED) is 0.480. The molecule has 0 saturated carbocycles. The maximum Gasteiger partial charge on any atom is 0.0986 e. The minimum atomic E-state index is -0.918. The first-order valence-electron chi connectivity index (χ1n) is 5.39. The Morgan fingerprint density at radius 2 is 1.65 bits per heavy atom. The lowest BCUT2D eigenvalue weighted by molar-refractivity contribution is -0.253. The summed E-state index contributed by atoms with van der Waals surface area (Å²) in [7, 11) is 0. The molecule has 0 aliphatic heterocycles. The maximum atomic E-state index is 11.4. The largest absolute Gasteiger partial charge is 0.748 e. The van der Waals surface area contributed by atoms with Crippen LogP contribution in [0.4, 0.5) is 0 Å². The Labute approximate surface area is 102 Å². The highest BCUT2D eigenvalue weighted by molar-refractivity contribution is 4.70. The van der Waals surface area contributed by atoms with Crippen LogP contribution in [-0.4, -0.2) is 28.4 Å². The van der Waals surface area contributed by atoms with Gasteiger partial charge in [0, 0.05) is 6.54 Å². The smallest absolute Gasteiger partial charge is 0.0986 e.